The molecule has 1 heterocycles. The van der Waals surface area contributed by atoms with E-state index in [1.54, 1.807) is 30.4 Å². The number of nitrogens with zero attached hydrogens (tertiary/aromatic N) is 3. The van der Waals surface area contributed by atoms with E-state index >= 15 is 0 Å². The third-order valence-electron chi connectivity index (χ3n) is 4.34. The fraction of sp³-hybridized carbons (Fsp3) is 0.0952. The lowest BCUT2D eigenvalue weighted by atomic mass is 10.2. The Labute approximate surface area is 165 Å². The van der Waals surface area contributed by atoms with Gasteiger partial charge >= 0.3 is 6.18 Å². The maximum Gasteiger partial charge on any atom is 0.416 e. The highest BCUT2D eigenvalue weighted by Gasteiger charge is 2.33. The molecule has 0 radical (unpaired) electrons. The number of anilines is 2. The minimum Gasteiger partial charge on any atom is -0.497 e. The smallest absolute Gasteiger partial charge is 0.416 e. The molecule has 0 amide bonds. The minimum atomic E-state index is -4.44. The van der Waals surface area contributed by atoms with Crippen molar-refractivity contribution in [1.82, 2.24) is 5.43 Å². The number of hydrazine groups is 2. The molecule has 0 aromatic heterocycles. The number of nitrogens with one attached hydrogen (secondary N) is 1. The van der Waals surface area contributed by atoms with Gasteiger partial charge in [-0.1, -0.05) is 36.4 Å². The SMILES string of the molecule is COc1cccc(C2=NN(c3cccc(C(F)(F)F)c3)N(c3ccccc3)N2)c1. The largest absolute Gasteiger partial charge is 0.497 e. The lowest BCUT2D eigenvalue weighted by molar-refractivity contribution is -0.137. The Kier molecular flexibility index (Phi) is 4.75. The first-order valence-corrected chi connectivity index (χ1v) is 8.78. The number of para-hydroxylation sites is 1. The number of ether oxygens (including phenoxy) is 1. The average Bonchev–Trinajstić information content (AvgIpc) is 3.19. The topological polar surface area (TPSA) is 40.1 Å². The van der Waals surface area contributed by atoms with Crippen LogP contribution < -0.4 is 20.4 Å². The van der Waals surface area contributed by atoms with Crippen LogP contribution in [0.2, 0.25) is 0 Å². The van der Waals surface area contributed by atoms with Gasteiger partial charge in [0.2, 0.25) is 0 Å². The Morgan fingerprint density at radius 3 is 2.31 bits per heavy atom. The first kappa shape index (κ1) is 18.7. The number of halogens is 3. The molecule has 0 atom stereocenters. The van der Waals surface area contributed by atoms with E-state index in [2.05, 4.69) is 10.5 Å². The zero-order chi connectivity index (χ0) is 20.4. The van der Waals surface area contributed by atoms with Gasteiger partial charge in [0.05, 0.1) is 24.0 Å². The summed E-state index contributed by atoms with van der Waals surface area (Å²) < 4.78 is 44.9. The first-order chi connectivity index (χ1) is 14.0. The van der Waals surface area contributed by atoms with Crippen molar-refractivity contribution in [3.8, 4) is 5.75 Å². The molecule has 0 saturated heterocycles. The van der Waals surface area contributed by atoms with E-state index in [0.717, 1.165) is 17.7 Å². The third kappa shape index (κ3) is 3.82. The molecule has 1 aliphatic rings. The van der Waals surface area contributed by atoms with Crippen LogP contribution in [0.3, 0.4) is 0 Å². The second-order valence-electron chi connectivity index (χ2n) is 6.28. The number of alkyl halides is 3. The molecule has 0 bridgehead atoms. The Morgan fingerprint density at radius 2 is 1.59 bits per heavy atom. The Bertz CT molecular complexity index is 1040. The highest BCUT2D eigenvalue weighted by atomic mass is 19.4. The zero-order valence-corrected chi connectivity index (χ0v) is 15.4. The quantitative estimate of drug-likeness (QED) is 0.684. The second-order valence-corrected chi connectivity index (χ2v) is 6.28. The lowest BCUT2D eigenvalue weighted by Gasteiger charge is -2.28. The first-order valence-electron chi connectivity index (χ1n) is 8.78. The molecule has 0 saturated carbocycles. The molecule has 4 rings (SSSR count). The predicted octanol–water partition coefficient (Wildman–Crippen LogP) is 4.82. The molecule has 0 unspecified atom stereocenters. The molecule has 0 spiro atoms. The monoisotopic (exact) mass is 398 g/mol. The number of benzene rings is 3. The van der Waals surface area contributed by atoms with Gasteiger partial charge in [-0.15, -0.1) is 5.10 Å². The van der Waals surface area contributed by atoms with E-state index in [1.807, 2.05) is 42.5 Å². The summed E-state index contributed by atoms with van der Waals surface area (Å²) in [5, 5.41) is 7.52. The molecule has 3 aromatic carbocycles. The lowest BCUT2D eigenvalue weighted by Crippen LogP contribution is -2.44. The van der Waals surface area contributed by atoms with Crippen LogP contribution in [0.25, 0.3) is 0 Å². The van der Waals surface area contributed by atoms with Crippen LogP contribution >= 0.6 is 0 Å². The van der Waals surface area contributed by atoms with Gasteiger partial charge in [0.15, 0.2) is 5.84 Å². The number of amidine groups is 1. The highest BCUT2D eigenvalue weighted by molar-refractivity contribution is 6.02. The molecule has 148 valence electrons. The van der Waals surface area contributed by atoms with Crippen molar-refractivity contribution in [2.45, 2.75) is 6.18 Å². The predicted molar refractivity (Wildman–Crippen MR) is 106 cm³/mol. The normalized spacial score (nSPS) is 13.9. The molecule has 3 aromatic rings. The fourth-order valence-corrected chi connectivity index (χ4v) is 2.93. The summed E-state index contributed by atoms with van der Waals surface area (Å²) in [7, 11) is 1.56. The van der Waals surface area contributed by atoms with Crippen molar-refractivity contribution in [1.29, 1.82) is 0 Å². The van der Waals surface area contributed by atoms with Gasteiger partial charge in [-0.05, 0) is 42.5 Å². The van der Waals surface area contributed by atoms with Crippen molar-refractivity contribution in [2.24, 2.45) is 5.10 Å². The number of methoxy groups -OCH3 is 1. The number of hydrogen-bond acceptors (Lipinski definition) is 5. The average molecular weight is 398 g/mol. The van der Waals surface area contributed by atoms with E-state index in [0.29, 0.717) is 17.3 Å². The summed E-state index contributed by atoms with van der Waals surface area (Å²) in [6, 6.07) is 21.5. The summed E-state index contributed by atoms with van der Waals surface area (Å²) in [5.74, 6) is 1.13. The van der Waals surface area contributed by atoms with Crippen LogP contribution in [-0.4, -0.2) is 12.9 Å². The molecule has 8 heteroatoms. The molecular formula is C21H17F3N4O. The van der Waals surface area contributed by atoms with Gasteiger partial charge in [-0.3, -0.25) is 5.43 Å². The van der Waals surface area contributed by atoms with Gasteiger partial charge in [-0.2, -0.15) is 23.4 Å². The van der Waals surface area contributed by atoms with Crippen LogP contribution in [0, 0.1) is 0 Å². The van der Waals surface area contributed by atoms with Crippen LogP contribution in [0.15, 0.2) is 84.0 Å². The van der Waals surface area contributed by atoms with E-state index in [4.69, 9.17) is 4.74 Å². The fourth-order valence-electron chi connectivity index (χ4n) is 2.93. The van der Waals surface area contributed by atoms with Crippen molar-refractivity contribution < 1.29 is 17.9 Å². The summed E-state index contributed by atoms with van der Waals surface area (Å²) >= 11 is 0. The molecule has 5 nitrogen and oxygen atoms in total. The number of hydrazone groups is 1. The Hall–Kier alpha value is -3.68. The van der Waals surface area contributed by atoms with E-state index < -0.39 is 11.7 Å². The Balaban J connectivity index is 1.77. The number of hydrogen-bond donors (Lipinski definition) is 1. The van der Waals surface area contributed by atoms with Crippen LogP contribution in [0.1, 0.15) is 11.1 Å². The second kappa shape index (κ2) is 7.38. The van der Waals surface area contributed by atoms with Crippen molar-refractivity contribution in [2.75, 3.05) is 17.3 Å². The molecule has 1 N–H and O–H groups in total. The maximum atomic E-state index is 13.2. The summed E-state index contributed by atoms with van der Waals surface area (Å²) in [6.07, 6.45) is -4.44. The van der Waals surface area contributed by atoms with Crippen LogP contribution in [0.5, 0.6) is 5.75 Å². The van der Waals surface area contributed by atoms with Gasteiger partial charge in [0.1, 0.15) is 5.75 Å². The molecule has 0 aliphatic carbocycles. The van der Waals surface area contributed by atoms with Gasteiger partial charge < -0.3 is 4.74 Å². The molecular weight excluding hydrogens is 381 g/mol. The summed E-state index contributed by atoms with van der Waals surface area (Å²) in [4.78, 5) is 0. The van der Waals surface area contributed by atoms with E-state index in [-0.39, 0.29) is 5.69 Å². The minimum absolute atomic E-state index is 0.272. The van der Waals surface area contributed by atoms with E-state index in [1.165, 1.54) is 11.2 Å². The summed E-state index contributed by atoms with van der Waals surface area (Å²) in [5.41, 5.74) is 4.13. The van der Waals surface area contributed by atoms with Gasteiger partial charge in [0.25, 0.3) is 0 Å². The zero-order valence-electron chi connectivity index (χ0n) is 15.4. The van der Waals surface area contributed by atoms with Crippen LogP contribution in [-0.2, 0) is 6.18 Å². The standard InChI is InChI=1S/C21H17F3N4O/c1-29-19-12-5-7-15(13-19)20-25-27(17-9-3-2-4-10-17)28(26-20)18-11-6-8-16(14-18)21(22,23)24/h2-14H,1H3,(H,25,26). The van der Waals surface area contributed by atoms with Crippen molar-refractivity contribution in [3.05, 3.63) is 90.0 Å². The molecule has 29 heavy (non-hydrogen) atoms. The van der Waals surface area contributed by atoms with Gasteiger partial charge in [0, 0.05) is 5.56 Å². The Morgan fingerprint density at radius 1 is 0.862 bits per heavy atom. The van der Waals surface area contributed by atoms with Crippen molar-refractivity contribution in [3.63, 3.8) is 0 Å². The van der Waals surface area contributed by atoms with Crippen LogP contribution in [0.4, 0.5) is 24.5 Å². The number of rotatable bonds is 4. The van der Waals surface area contributed by atoms with Gasteiger partial charge in [-0.25, -0.2) is 0 Å². The third-order valence-corrected chi connectivity index (χ3v) is 4.34. The summed E-state index contributed by atoms with van der Waals surface area (Å²) in [6.45, 7) is 0. The molecule has 1 aliphatic heterocycles. The van der Waals surface area contributed by atoms with Crippen molar-refractivity contribution >= 4 is 17.2 Å². The maximum absolute atomic E-state index is 13.2. The van der Waals surface area contributed by atoms with E-state index in [9.17, 15) is 13.2 Å². The molecule has 0 fully saturated rings. The highest BCUT2D eigenvalue weighted by Crippen LogP contribution is 2.33.